The second kappa shape index (κ2) is 11.0. The topological polar surface area (TPSA) is 43.9 Å². The van der Waals surface area contributed by atoms with Gasteiger partial charge in [-0.05, 0) is 71.8 Å². The fourth-order valence-electron chi connectivity index (χ4n) is 7.68. The predicted molar refractivity (Wildman–Crippen MR) is 213 cm³/mol. The van der Waals surface area contributed by atoms with Crippen LogP contribution >= 0.6 is 11.3 Å². The van der Waals surface area contributed by atoms with Crippen molar-refractivity contribution in [3.63, 3.8) is 0 Å². The average Bonchev–Trinajstić information content (AvgIpc) is 3.87. The van der Waals surface area contributed by atoms with Gasteiger partial charge in [0.1, 0.15) is 11.2 Å². The molecule has 0 N–H and O–H groups in total. The number of furan rings is 1. The van der Waals surface area contributed by atoms with Gasteiger partial charge in [0.15, 0.2) is 0 Å². The fourth-order valence-corrected chi connectivity index (χ4v) is 8.79. The molecule has 5 heteroatoms. The van der Waals surface area contributed by atoms with Crippen LogP contribution in [0.25, 0.3) is 104 Å². The Kier molecular flexibility index (Phi) is 6.09. The van der Waals surface area contributed by atoms with Gasteiger partial charge in [-0.2, -0.15) is 0 Å². The molecule has 0 radical (unpaired) electrons. The number of hydrogen-bond acceptors (Lipinski definition) is 4. The van der Waals surface area contributed by atoms with Gasteiger partial charge >= 0.3 is 0 Å². The molecule has 0 aliphatic heterocycles. The maximum Gasteiger partial charge on any atom is 0.235 e. The van der Waals surface area contributed by atoms with E-state index in [1.54, 1.807) is 0 Å². The highest BCUT2D eigenvalue weighted by Crippen LogP contribution is 2.43. The van der Waals surface area contributed by atoms with E-state index >= 15 is 0 Å². The highest BCUT2D eigenvalue weighted by molar-refractivity contribution is 7.26. The summed E-state index contributed by atoms with van der Waals surface area (Å²) in [5, 5.41) is 7.07. The van der Waals surface area contributed by atoms with E-state index < -0.39 is 0 Å². The Bertz CT molecular complexity index is 3140. The van der Waals surface area contributed by atoms with Gasteiger partial charge in [0.2, 0.25) is 5.95 Å². The van der Waals surface area contributed by atoms with Crippen LogP contribution in [-0.4, -0.2) is 14.5 Å². The summed E-state index contributed by atoms with van der Waals surface area (Å²) in [4.78, 5) is 10.6. The maximum atomic E-state index is 6.45. The van der Waals surface area contributed by atoms with Crippen LogP contribution in [0.2, 0.25) is 0 Å². The number of para-hydroxylation sites is 1. The number of hydrogen-bond donors (Lipinski definition) is 0. The Morgan fingerprint density at radius 2 is 1.06 bits per heavy atom. The van der Waals surface area contributed by atoms with Gasteiger partial charge < -0.3 is 4.42 Å². The zero-order valence-corrected chi connectivity index (χ0v) is 28.1. The van der Waals surface area contributed by atoms with Gasteiger partial charge in [-0.25, -0.2) is 9.97 Å². The first-order valence-electron chi connectivity index (χ1n) is 17.1. The lowest BCUT2D eigenvalue weighted by atomic mass is 10.0. The summed E-state index contributed by atoms with van der Waals surface area (Å²) >= 11 is 1.83. The zero-order valence-electron chi connectivity index (χ0n) is 27.2. The molecule has 0 unspecified atom stereocenters. The Hall–Kier alpha value is -6.56. The summed E-state index contributed by atoms with van der Waals surface area (Å²) in [6.07, 6.45) is 0. The standard InChI is InChI=1S/C46H27N3OS/c1-3-11-28(12-4-1)30-19-21-39-34(25-30)32-15-7-9-17-38(32)49(39)46-47-36(29-13-5-2-6-14-29)27-37(48-46)31-20-22-40-35(26-31)44-41(50-40)23-24-43-45(44)33-16-8-10-18-42(33)51-43/h1-27H. The van der Waals surface area contributed by atoms with E-state index in [0.29, 0.717) is 5.95 Å². The van der Waals surface area contributed by atoms with Crippen molar-refractivity contribution >= 4 is 75.3 Å². The molecular formula is C46H27N3OS. The maximum absolute atomic E-state index is 6.45. The van der Waals surface area contributed by atoms with Crippen molar-refractivity contribution in [2.45, 2.75) is 0 Å². The van der Waals surface area contributed by atoms with Crippen molar-refractivity contribution in [2.24, 2.45) is 0 Å². The van der Waals surface area contributed by atoms with E-state index in [9.17, 15) is 0 Å². The van der Waals surface area contributed by atoms with Crippen molar-refractivity contribution in [1.82, 2.24) is 14.5 Å². The van der Waals surface area contributed by atoms with E-state index in [4.69, 9.17) is 14.4 Å². The minimum absolute atomic E-state index is 0.633. The molecule has 0 bridgehead atoms. The molecule has 0 spiro atoms. The van der Waals surface area contributed by atoms with Crippen molar-refractivity contribution in [1.29, 1.82) is 0 Å². The Morgan fingerprint density at radius 3 is 1.90 bits per heavy atom. The third-order valence-electron chi connectivity index (χ3n) is 10.0. The van der Waals surface area contributed by atoms with Crippen LogP contribution in [0.5, 0.6) is 0 Å². The summed E-state index contributed by atoms with van der Waals surface area (Å²) in [7, 11) is 0. The second-order valence-corrected chi connectivity index (χ2v) is 14.1. The van der Waals surface area contributed by atoms with Gasteiger partial charge in [-0.1, -0.05) is 103 Å². The lowest BCUT2D eigenvalue weighted by molar-refractivity contribution is 0.669. The van der Waals surface area contributed by atoms with Crippen LogP contribution < -0.4 is 0 Å². The van der Waals surface area contributed by atoms with Crippen LogP contribution in [0.3, 0.4) is 0 Å². The van der Waals surface area contributed by atoms with E-state index in [1.807, 2.05) is 17.4 Å². The van der Waals surface area contributed by atoms with E-state index in [0.717, 1.165) is 55.5 Å². The molecular weight excluding hydrogens is 643 g/mol. The number of fused-ring (bicyclic) bond motifs is 10. The summed E-state index contributed by atoms with van der Waals surface area (Å²) in [5.41, 5.74) is 10.0. The first kappa shape index (κ1) is 28.3. The first-order valence-corrected chi connectivity index (χ1v) is 17.9. The number of rotatable bonds is 4. The molecule has 0 atom stereocenters. The minimum Gasteiger partial charge on any atom is -0.456 e. The molecule has 0 aliphatic carbocycles. The molecule has 0 saturated carbocycles. The number of nitrogens with zero attached hydrogens (tertiary/aromatic N) is 3. The minimum atomic E-state index is 0.633. The summed E-state index contributed by atoms with van der Waals surface area (Å²) in [6, 6.07) is 57.6. The fraction of sp³-hybridized carbons (Fsp3) is 0. The van der Waals surface area contributed by atoms with Crippen molar-refractivity contribution in [3.05, 3.63) is 164 Å². The van der Waals surface area contributed by atoms with Gasteiger partial charge in [0.25, 0.3) is 0 Å². The Morgan fingerprint density at radius 1 is 0.412 bits per heavy atom. The van der Waals surface area contributed by atoms with E-state index in [1.165, 1.54) is 42.1 Å². The number of aromatic nitrogens is 3. The van der Waals surface area contributed by atoms with Crippen LogP contribution in [0.1, 0.15) is 0 Å². The molecule has 11 rings (SSSR count). The highest BCUT2D eigenvalue weighted by Gasteiger charge is 2.19. The van der Waals surface area contributed by atoms with Gasteiger partial charge in [0, 0.05) is 52.8 Å². The molecule has 7 aromatic carbocycles. The first-order chi connectivity index (χ1) is 25.3. The van der Waals surface area contributed by atoms with E-state index in [2.05, 4.69) is 162 Å². The molecule has 51 heavy (non-hydrogen) atoms. The average molecular weight is 670 g/mol. The van der Waals surface area contributed by atoms with E-state index in [-0.39, 0.29) is 0 Å². The van der Waals surface area contributed by atoms with Gasteiger partial charge in [-0.3, -0.25) is 4.57 Å². The summed E-state index contributed by atoms with van der Waals surface area (Å²) in [5.74, 6) is 0.633. The third-order valence-corrected chi connectivity index (χ3v) is 11.2. The van der Waals surface area contributed by atoms with Gasteiger partial charge in [-0.15, -0.1) is 11.3 Å². The monoisotopic (exact) mass is 669 g/mol. The zero-order chi connectivity index (χ0) is 33.5. The second-order valence-electron chi connectivity index (χ2n) is 13.0. The summed E-state index contributed by atoms with van der Waals surface area (Å²) < 4.78 is 11.2. The Labute approximate surface area is 296 Å². The van der Waals surface area contributed by atoms with Crippen molar-refractivity contribution in [3.8, 4) is 39.6 Å². The van der Waals surface area contributed by atoms with Crippen LogP contribution in [-0.2, 0) is 0 Å². The number of benzene rings is 7. The lowest BCUT2D eigenvalue weighted by Gasteiger charge is -2.12. The number of thiophene rings is 1. The molecule has 11 aromatic rings. The van der Waals surface area contributed by atoms with Crippen molar-refractivity contribution in [2.75, 3.05) is 0 Å². The molecule has 238 valence electrons. The van der Waals surface area contributed by atoms with Crippen molar-refractivity contribution < 1.29 is 4.42 Å². The SMILES string of the molecule is c1ccc(-c2ccc3c(c2)c2ccccc2n3-c2nc(-c3ccccc3)cc(-c3ccc4oc5ccc6sc7ccccc7c6c5c4c3)n2)cc1. The molecule has 0 fully saturated rings. The smallest absolute Gasteiger partial charge is 0.235 e. The highest BCUT2D eigenvalue weighted by atomic mass is 32.1. The quantitative estimate of drug-likeness (QED) is 0.187. The molecule has 0 saturated heterocycles. The molecule has 4 nitrogen and oxygen atoms in total. The largest absolute Gasteiger partial charge is 0.456 e. The lowest BCUT2D eigenvalue weighted by Crippen LogP contribution is -2.04. The van der Waals surface area contributed by atoms with Crippen LogP contribution in [0.4, 0.5) is 0 Å². The van der Waals surface area contributed by atoms with Crippen LogP contribution in [0, 0.1) is 0 Å². The molecule has 4 heterocycles. The Balaban J connectivity index is 1.17. The normalized spacial score (nSPS) is 11.9. The predicted octanol–water partition coefficient (Wildman–Crippen LogP) is 12.8. The summed E-state index contributed by atoms with van der Waals surface area (Å²) in [6.45, 7) is 0. The molecule has 0 amide bonds. The van der Waals surface area contributed by atoms with Gasteiger partial charge in [0.05, 0.1) is 22.4 Å². The molecule has 4 aromatic heterocycles. The third kappa shape index (κ3) is 4.38. The van der Waals surface area contributed by atoms with Crippen LogP contribution in [0.15, 0.2) is 168 Å². The molecule has 0 aliphatic rings.